The fraction of sp³-hybridized carbons (Fsp3) is 0.933. The van der Waals surface area contributed by atoms with Crippen molar-refractivity contribution >= 4 is 5.91 Å². The first-order chi connectivity index (χ1) is 9.12. The van der Waals surface area contributed by atoms with Crippen molar-refractivity contribution in [1.82, 2.24) is 10.2 Å². The summed E-state index contributed by atoms with van der Waals surface area (Å²) in [5, 5.41) is 12.2. The Hall–Kier alpha value is -0.610. The zero-order valence-electron chi connectivity index (χ0n) is 13.1. The molecule has 0 bridgehead atoms. The summed E-state index contributed by atoms with van der Waals surface area (Å²) in [6, 6.07) is 0.196. The van der Waals surface area contributed by atoms with Gasteiger partial charge in [-0.05, 0) is 26.2 Å². The highest BCUT2D eigenvalue weighted by atomic mass is 16.3. The Balaban J connectivity index is 4.35. The van der Waals surface area contributed by atoms with E-state index in [0.717, 1.165) is 38.6 Å². The molecular weight excluding hydrogens is 240 g/mol. The van der Waals surface area contributed by atoms with Crippen molar-refractivity contribution in [3.8, 4) is 0 Å². The van der Waals surface area contributed by atoms with Gasteiger partial charge < -0.3 is 10.4 Å². The largest absolute Gasteiger partial charge is 0.395 e. The fourth-order valence-corrected chi connectivity index (χ4v) is 2.45. The predicted molar refractivity (Wildman–Crippen MR) is 80.2 cm³/mol. The first-order valence-corrected chi connectivity index (χ1v) is 7.76. The number of carbonyl (C=O) groups excluding carboxylic acids is 1. The van der Waals surface area contributed by atoms with Gasteiger partial charge in [-0.1, -0.05) is 33.6 Å². The molecule has 0 aromatic heterocycles. The van der Waals surface area contributed by atoms with Crippen LogP contribution in [0.1, 0.15) is 59.8 Å². The van der Waals surface area contributed by atoms with E-state index in [1.807, 2.05) is 6.92 Å². The second-order valence-corrected chi connectivity index (χ2v) is 5.11. The minimum Gasteiger partial charge on any atom is -0.395 e. The average Bonchev–Trinajstić information content (AvgIpc) is 2.43. The van der Waals surface area contributed by atoms with Gasteiger partial charge in [0.2, 0.25) is 5.91 Å². The van der Waals surface area contributed by atoms with Gasteiger partial charge in [-0.25, -0.2) is 0 Å². The third-order valence-electron chi connectivity index (χ3n) is 3.73. The third-order valence-corrected chi connectivity index (χ3v) is 3.73. The monoisotopic (exact) mass is 272 g/mol. The lowest BCUT2D eigenvalue weighted by Crippen LogP contribution is -2.50. The molecule has 0 fully saturated rings. The van der Waals surface area contributed by atoms with Crippen LogP contribution in [0.2, 0.25) is 0 Å². The van der Waals surface area contributed by atoms with Gasteiger partial charge in [-0.3, -0.25) is 9.69 Å². The highest BCUT2D eigenvalue weighted by molar-refractivity contribution is 5.81. The van der Waals surface area contributed by atoms with Crippen LogP contribution in [0, 0.1) is 0 Å². The highest BCUT2D eigenvalue weighted by Gasteiger charge is 2.25. The zero-order chi connectivity index (χ0) is 14.7. The Labute approximate surface area is 118 Å². The van der Waals surface area contributed by atoms with Crippen LogP contribution in [-0.4, -0.2) is 47.7 Å². The molecule has 0 saturated carbocycles. The molecule has 0 radical (unpaired) electrons. The summed E-state index contributed by atoms with van der Waals surface area (Å²) in [5.74, 6) is 0.0800. The van der Waals surface area contributed by atoms with E-state index in [4.69, 9.17) is 0 Å². The van der Waals surface area contributed by atoms with Crippen molar-refractivity contribution < 1.29 is 9.90 Å². The Morgan fingerprint density at radius 2 is 1.84 bits per heavy atom. The molecule has 0 aliphatic carbocycles. The van der Waals surface area contributed by atoms with Crippen LogP contribution in [0.4, 0.5) is 0 Å². The molecule has 114 valence electrons. The van der Waals surface area contributed by atoms with Gasteiger partial charge >= 0.3 is 0 Å². The van der Waals surface area contributed by atoms with Gasteiger partial charge in [0.1, 0.15) is 0 Å². The summed E-state index contributed by atoms with van der Waals surface area (Å²) in [4.78, 5) is 14.2. The van der Waals surface area contributed by atoms with E-state index < -0.39 is 0 Å². The van der Waals surface area contributed by atoms with E-state index in [9.17, 15) is 9.90 Å². The number of nitrogens with zero attached hydrogens (tertiary/aromatic N) is 1. The summed E-state index contributed by atoms with van der Waals surface area (Å²) in [6.45, 7) is 9.77. The second-order valence-electron chi connectivity index (χ2n) is 5.11. The zero-order valence-corrected chi connectivity index (χ0v) is 13.1. The number of aliphatic hydroxyl groups excluding tert-OH is 1. The Morgan fingerprint density at radius 1 is 1.21 bits per heavy atom. The van der Waals surface area contributed by atoms with Gasteiger partial charge in [0.25, 0.3) is 0 Å². The molecule has 0 aromatic rings. The summed E-state index contributed by atoms with van der Waals surface area (Å²) in [5.41, 5.74) is 0. The number of carbonyl (C=O) groups is 1. The molecule has 0 saturated heterocycles. The van der Waals surface area contributed by atoms with Crippen LogP contribution in [-0.2, 0) is 4.79 Å². The lowest BCUT2D eigenvalue weighted by atomic mass is 10.1. The van der Waals surface area contributed by atoms with Crippen LogP contribution in [0.15, 0.2) is 0 Å². The molecule has 0 aliphatic rings. The number of amides is 1. The third kappa shape index (κ3) is 6.92. The van der Waals surface area contributed by atoms with E-state index in [1.165, 1.54) is 0 Å². The van der Waals surface area contributed by atoms with Gasteiger partial charge in [-0.15, -0.1) is 0 Å². The molecule has 4 heteroatoms. The molecule has 1 amide bonds. The van der Waals surface area contributed by atoms with Crippen LogP contribution >= 0.6 is 0 Å². The first-order valence-electron chi connectivity index (χ1n) is 7.76. The summed E-state index contributed by atoms with van der Waals surface area (Å²) in [7, 11) is 0. The van der Waals surface area contributed by atoms with E-state index in [-0.39, 0.29) is 18.6 Å². The van der Waals surface area contributed by atoms with E-state index in [1.54, 1.807) is 0 Å². The fourth-order valence-electron chi connectivity index (χ4n) is 2.45. The maximum absolute atomic E-state index is 12.1. The number of hydrogen-bond acceptors (Lipinski definition) is 3. The van der Waals surface area contributed by atoms with Crippen molar-refractivity contribution in [3.63, 3.8) is 0 Å². The van der Waals surface area contributed by atoms with Crippen LogP contribution in [0.5, 0.6) is 0 Å². The van der Waals surface area contributed by atoms with Crippen LogP contribution in [0.3, 0.4) is 0 Å². The Morgan fingerprint density at radius 3 is 2.32 bits per heavy atom. The quantitative estimate of drug-likeness (QED) is 0.567. The number of aliphatic hydroxyl groups is 1. The molecule has 0 aliphatic heterocycles. The maximum atomic E-state index is 12.1. The lowest BCUT2D eigenvalue weighted by molar-refractivity contribution is -0.127. The molecular formula is C15H32N2O2. The van der Waals surface area contributed by atoms with Crippen LogP contribution < -0.4 is 5.32 Å². The molecule has 0 heterocycles. The minimum atomic E-state index is -0.168. The van der Waals surface area contributed by atoms with Crippen LogP contribution in [0.25, 0.3) is 0 Å². The average molecular weight is 272 g/mol. The van der Waals surface area contributed by atoms with Crippen molar-refractivity contribution in [2.75, 3.05) is 19.7 Å². The molecule has 0 aromatic carbocycles. The molecule has 19 heavy (non-hydrogen) atoms. The van der Waals surface area contributed by atoms with Crippen molar-refractivity contribution in [2.24, 2.45) is 0 Å². The van der Waals surface area contributed by atoms with Crippen molar-refractivity contribution in [3.05, 3.63) is 0 Å². The molecule has 0 spiro atoms. The smallest absolute Gasteiger partial charge is 0.237 e. The molecule has 1 unspecified atom stereocenters. The molecule has 0 rings (SSSR count). The number of unbranched alkanes of at least 4 members (excludes halogenated alkanes) is 2. The van der Waals surface area contributed by atoms with Crippen molar-refractivity contribution in [2.45, 2.75) is 71.9 Å². The second kappa shape index (κ2) is 11.2. The van der Waals surface area contributed by atoms with E-state index >= 15 is 0 Å². The highest BCUT2D eigenvalue weighted by Crippen LogP contribution is 2.12. The topological polar surface area (TPSA) is 52.6 Å². The molecule has 1 atom stereocenters. The van der Waals surface area contributed by atoms with E-state index in [2.05, 4.69) is 31.0 Å². The van der Waals surface area contributed by atoms with Gasteiger partial charge in [0.15, 0.2) is 0 Å². The maximum Gasteiger partial charge on any atom is 0.237 e. The lowest BCUT2D eigenvalue weighted by Gasteiger charge is -2.34. The number of rotatable bonds is 11. The first kappa shape index (κ1) is 18.4. The van der Waals surface area contributed by atoms with Gasteiger partial charge in [0.05, 0.1) is 12.6 Å². The van der Waals surface area contributed by atoms with Gasteiger partial charge in [0, 0.05) is 19.1 Å². The summed E-state index contributed by atoms with van der Waals surface area (Å²) >= 11 is 0. The summed E-state index contributed by atoms with van der Waals surface area (Å²) < 4.78 is 0. The minimum absolute atomic E-state index is 0.0800. The predicted octanol–water partition coefficient (Wildman–Crippen LogP) is 2.16. The van der Waals surface area contributed by atoms with Gasteiger partial charge in [-0.2, -0.15) is 0 Å². The Bertz CT molecular complexity index is 230. The van der Waals surface area contributed by atoms with E-state index in [0.29, 0.717) is 12.6 Å². The standard InChI is InChI=1S/C15H32N2O2/c1-5-8-9-10-16-15(19)13(4)17(11-12-18)14(6-2)7-3/h13-14,18H,5-12H2,1-4H3,(H,16,19). The molecule has 4 nitrogen and oxygen atoms in total. The SMILES string of the molecule is CCCCCNC(=O)C(C)N(CCO)C(CC)CC. The number of hydrogen-bond donors (Lipinski definition) is 2. The molecule has 2 N–H and O–H groups in total. The normalized spacial score (nSPS) is 13.0. The van der Waals surface area contributed by atoms with Crippen molar-refractivity contribution in [1.29, 1.82) is 0 Å². The Kier molecular flexibility index (Phi) is 10.9. The number of nitrogens with one attached hydrogen (secondary N) is 1. The summed E-state index contributed by atoms with van der Waals surface area (Å²) in [6.07, 6.45) is 5.37.